The molecule has 2 rings (SSSR count). The molecule has 0 aliphatic carbocycles. The molecule has 0 heterocycles. The van der Waals surface area contributed by atoms with E-state index in [1.54, 1.807) is 6.07 Å². The summed E-state index contributed by atoms with van der Waals surface area (Å²) in [6.45, 7) is 2.28. The van der Waals surface area contributed by atoms with Crippen molar-refractivity contribution in [2.75, 3.05) is 6.54 Å². The predicted molar refractivity (Wildman–Crippen MR) is 83.7 cm³/mol. The van der Waals surface area contributed by atoms with E-state index < -0.39 is 23.5 Å². The van der Waals surface area contributed by atoms with E-state index >= 15 is 0 Å². The number of rotatable bonds is 4. The molecule has 1 N–H and O–H groups in total. The van der Waals surface area contributed by atoms with Gasteiger partial charge in [0, 0.05) is 5.56 Å². The second-order valence-electron chi connectivity index (χ2n) is 4.39. The fraction of sp³-hybridized carbons (Fsp3) is 0.200. The van der Waals surface area contributed by atoms with E-state index in [-0.39, 0.29) is 14.5 Å². The summed E-state index contributed by atoms with van der Waals surface area (Å²) in [6, 6.07) is 6.10. The van der Waals surface area contributed by atoms with Crippen LogP contribution in [0.4, 0.5) is 13.2 Å². The standard InChI is InChI=1S/C15H12Br2F3N/c1-2-21-15(8-4-3-5-11(19)13(8)17)12-10(18)7-6-9(16)14(12)20/h3-7,15,21H,2H2,1H3. The first-order chi connectivity index (χ1) is 9.97. The van der Waals surface area contributed by atoms with Gasteiger partial charge in [-0.3, -0.25) is 0 Å². The highest BCUT2D eigenvalue weighted by atomic mass is 79.9. The Morgan fingerprint density at radius 1 is 1.05 bits per heavy atom. The van der Waals surface area contributed by atoms with Crippen LogP contribution < -0.4 is 5.32 Å². The summed E-state index contributed by atoms with van der Waals surface area (Å²) >= 11 is 6.19. The van der Waals surface area contributed by atoms with Crippen molar-refractivity contribution in [3.05, 3.63) is 67.9 Å². The smallest absolute Gasteiger partial charge is 0.145 e. The van der Waals surface area contributed by atoms with Gasteiger partial charge in [0.2, 0.25) is 0 Å². The SMILES string of the molecule is CCNC(c1cccc(F)c1Br)c1c(F)ccc(Br)c1F. The highest BCUT2D eigenvalue weighted by Gasteiger charge is 2.25. The van der Waals surface area contributed by atoms with Crippen molar-refractivity contribution in [1.29, 1.82) is 0 Å². The molecule has 1 nitrogen and oxygen atoms in total. The second kappa shape index (κ2) is 6.94. The van der Waals surface area contributed by atoms with Crippen LogP contribution in [0.25, 0.3) is 0 Å². The van der Waals surface area contributed by atoms with Crippen LogP contribution in [0.15, 0.2) is 39.3 Å². The molecule has 1 unspecified atom stereocenters. The maximum absolute atomic E-state index is 14.3. The second-order valence-corrected chi connectivity index (χ2v) is 6.04. The lowest BCUT2D eigenvalue weighted by Gasteiger charge is -2.22. The van der Waals surface area contributed by atoms with Crippen LogP contribution in [-0.2, 0) is 0 Å². The van der Waals surface area contributed by atoms with E-state index in [4.69, 9.17) is 0 Å². The number of benzene rings is 2. The Kier molecular flexibility index (Phi) is 5.46. The number of hydrogen-bond acceptors (Lipinski definition) is 1. The van der Waals surface area contributed by atoms with Crippen molar-refractivity contribution < 1.29 is 13.2 Å². The quantitative estimate of drug-likeness (QED) is 0.656. The molecule has 0 aliphatic rings. The van der Waals surface area contributed by atoms with Crippen LogP contribution in [0.1, 0.15) is 24.1 Å². The zero-order valence-corrected chi connectivity index (χ0v) is 14.2. The van der Waals surface area contributed by atoms with Gasteiger partial charge >= 0.3 is 0 Å². The molecule has 21 heavy (non-hydrogen) atoms. The minimum atomic E-state index is -0.794. The fourth-order valence-electron chi connectivity index (χ4n) is 2.12. The third-order valence-electron chi connectivity index (χ3n) is 3.07. The molecule has 0 radical (unpaired) electrons. The van der Waals surface area contributed by atoms with E-state index in [9.17, 15) is 13.2 Å². The first kappa shape index (κ1) is 16.5. The maximum atomic E-state index is 14.3. The zero-order chi connectivity index (χ0) is 15.6. The van der Waals surface area contributed by atoms with Gasteiger partial charge in [-0.05, 0) is 62.2 Å². The molecule has 2 aromatic carbocycles. The highest BCUT2D eigenvalue weighted by molar-refractivity contribution is 9.10. The molecule has 0 aliphatic heterocycles. The normalized spacial score (nSPS) is 12.5. The average molecular weight is 423 g/mol. The van der Waals surface area contributed by atoms with Crippen molar-refractivity contribution in [2.45, 2.75) is 13.0 Å². The first-order valence-electron chi connectivity index (χ1n) is 6.28. The molecule has 6 heteroatoms. The molecular weight excluding hydrogens is 411 g/mol. The van der Waals surface area contributed by atoms with E-state index in [2.05, 4.69) is 37.2 Å². The Hall–Kier alpha value is -0.850. The lowest BCUT2D eigenvalue weighted by molar-refractivity contribution is 0.504. The molecule has 0 bridgehead atoms. The molecule has 0 fully saturated rings. The zero-order valence-electron chi connectivity index (χ0n) is 11.1. The third kappa shape index (κ3) is 3.33. The summed E-state index contributed by atoms with van der Waals surface area (Å²) in [5.74, 6) is -1.86. The minimum absolute atomic E-state index is 0.141. The summed E-state index contributed by atoms with van der Waals surface area (Å²) in [5, 5.41) is 2.99. The Morgan fingerprint density at radius 2 is 1.76 bits per heavy atom. The molecule has 0 saturated carbocycles. The molecule has 1 atom stereocenters. The van der Waals surface area contributed by atoms with Crippen LogP contribution in [0.2, 0.25) is 0 Å². The fourth-order valence-corrected chi connectivity index (χ4v) is 2.96. The maximum Gasteiger partial charge on any atom is 0.145 e. The molecule has 2 aromatic rings. The van der Waals surface area contributed by atoms with Gasteiger partial charge in [0.25, 0.3) is 0 Å². The Morgan fingerprint density at radius 3 is 2.43 bits per heavy atom. The lowest BCUT2D eigenvalue weighted by Crippen LogP contribution is -2.25. The number of nitrogens with one attached hydrogen (secondary N) is 1. The number of hydrogen-bond donors (Lipinski definition) is 1. The van der Waals surface area contributed by atoms with E-state index in [0.29, 0.717) is 12.1 Å². The van der Waals surface area contributed by atoms with Crippen molar-refractivity contribution in [3.63, 3.8) is 0 Å². The summed E-state index contributed by atoms with van der Waals surface area (Å²) in [6.07, 6.45) is 0. The van der Waals surface area contributed by atoms with Gasteiger partial charge in [-0.25, -0.2) is 13.2 Å². The molecule has 0 spiro atoms. The van der Waals surface area contributed by atoms with E-state index in [1.807, 2.05) is 6.92 Å². The van der Waals surface area contributed by atoms with Gasteiger partial charge in [0.05, 0.1) is 15.0 Å². The first-order valence-corrected chi connectivity index (χ1v) is 7.86. The molecular formula is C15H12Br2F3N. The van der Waals surface area contributed by atoms with Crippen LogP contribution in [0.5, 0.6) is 0 Å². The largest absolute Gasteiger partial charge is 0.306 e. The molecule has 112 valence electrons. The molecule has 0 amide bonds. The van der Waals surface area contributed by atoms with E-state index in [0.717, 1.165) is 0 Å². The van der Waals surface area contributed by atoms with Gasteiger partial charge in [-0.15, -0.1) is 0 Å². The monoisotopic (exact) mass is 421 g/mol. The lowest BCUT2D eigenvalue weighted by atomic mass is 9.97. The summed E-state index contributed by atoms with van der Waals surface area (Å²) < 4.78 is 42.5. The summed E-state index contributed by atoms with van der Waals surface area (Å²) in [7, 11) is 0. The summed E-state index contributed by atoms with van der Waals surface area (Å²) in [4.78, 5) is 0. The van der Waals surface area contributed by atoms with Crippen molar-refractivity contribution in [1.82, 2.24) is 5.32 Å². The third-order valence-corrected chi connectivity index (χ3v) is 4.52. The van der Waals surface area contributed by atoms with Crippen LogP contribution in [0.3, 0.4) is 0 Å². The van der Waals surface area contributed by atoms with Crippen molar-refractivity contribution >= 4 is 31.9 Å². The summed E-state index contributed by atoms with van der Waals surface area (Å²) in [5.41, 5.74) is 0.297. The van der Waals surface area contributed by atoms with Gasteiger partial charge in [-0.2, -0.15) is 0 Å². The van der Waals surface area contributed by atoms with E-state index in [1.165, 1.54) is 24.3 Å². The number of halogens is 5. The van der Waals surface area contributed by atoms with Crippen LogP contribution in [0, 0.1) is 17.5 Å². The van der Waals surface area contributed by atoms with Crippen molar-refractivity contribution in [2.24, 2.45) is 0 Å². The topological polar surface area (TPSA) is 12.0 Å². The van der Waals surface area contributed by atoms with Crippen molar-refractivity contribution in [3.8, 4) is 0 Å². The Bertz CT molecular complexity index is 662. The van der Waals surface area contributed by atoms with Gasteiger partial charge in [0.15, 0.2) is 0 Å². The average Bonchev–Trinajstić information content (AvgIpc) is 2.45. The van der Waals surface area contributed by atoms with Crippen LogP contribution >= 0.6 is 31.9 Å². The Balaban J connectivity index is 2.65. The van der Waals surface area contributed by atoms with Crippen LogP contribution in [-0.4, -0.2) is 6.54 Å². The minimum Gasteiger partial charge on any atom is -0.306 e. The molecule has 0 aromatic heterocycles. The Labute approximate surface area is 137 Å². The predicted octanol–water partition coefficient (Wildman–Crippen LogP) is 5.33. The van der Waals surface area contributed by atoms with Gasteiger partial charge in [0.1, 0.15) is 17.5 Å². The highest BCUT2D eigenvalue weighted by Crippen LogP contribution is 2.34. The van der Waals surface area contributed by atoms with Gasteiger partial charge < -0.3 is 5.32 Å². The van der Waals surface area contributed by atoms with Gasteiger partial charge in [-0.1, -0.05) is 19.1 Å². The molecule has 0 saturated heterocycles.